The van der Waals surface area contributed by atoms with Crippen molar-refractivity contribution in [3.05, 3.63) is 18.2 Å². The summed E-state index contributed by atoms with van der Waals surface area (Å²) < 4.78 is 16.7. The molecule has 1 aromatic carbocycles. The van der Waals surface area contributed by atoms with Gasteiger partial charge in [0.05, 0.1) is 18.9 Å². The highest BCUT2D eigenvalue weighted by molar-refractivity contribution is 5.69. The number of ether oxygens (including phenoxy) is 3. The zero-order valence-corrected chi connectivity index (χ0v) is 15.9. The van der Waals surface area contributed by atoms with Gasteiger partial charge in [-0.3, -0.25) is 0 Å². The Morgan fingerprint density at radius 1 is 1.23 bits per heavy atom. The maximum atomic E-state index is 12.2. The summed E-state index contributed by atoms with van der Waals surface area (Å²) in [6.07, 6.45) is 0.730. The molecular formula is C19H29N3O4. The molecule has 2 N–H and O–H groups in total. The van der Waals surface area contributed by atoms with Crippen LogP contribution >= 0.6 is 0 Å². The lowest BCUT2D eigenvalue weighted by Crippen LogP contribution is -2.50. The molecular weight excluding hydrogens is 334 g/mol. The molecule has 1 amide bonds. The first-order valence-electron chi connectivity index (χ1n) is 9.18. The number of carbonyl (C=O) groups excluding carboxylic acids is 1. The highest BCUT2D eigenvalue weighted by Crippen LogP contribution is 2.29. The smallest absolute Gasteiger partial charge is 0.410 e. The maximum Gasteiger partial charge on any atom is 0.410 e. The summed E-state index contributed by atoms with van der Waals surface area (Å²) in [5, 5.41) is 0. The third-order valence-corrected chi connectivity index (χ3v) is 4.47. The molecule has 2 aliphatic rings. The molecule has 144 valence electrons. The van der Waals surface area contributed by atoms with Crippen LogP contribution < -0.4 is 15.4 Å². The fourth-order valence-electron chi connectivity index (χ4n) is 3.10. The number of rotatable bonds is 3. The number of piperazine rings is 1. The van der Waals surface area contributed by atoms with E-state index in [0.717, 1.165) is 31.8 Å². The summed E-state index contributed by atoms with van der Waals surface area (Å²) in [7, 11) is 0. The van der Waals surface area contributed by atoms with Gasteiger partial charge in [0.25, 0.3) is 0 Å². The second kappa shape index (κ2) is 7.61. The molecule has 0 saturated carbocycles. The monoisotopic (exact) mass is 363 g/mol. The molecule has 2 saturated heterocycles. The Morgan fingerprint density at radius 3 is 2.54 bits per heavy atom. The summed E-state index contributed by atoms with van der Waals surface area (Å²) in [4.78, 5) is 16.1. The molecule has 1 atom stereocenters. The fourth-order valence-corrected chi connectivity index (χ4v) is 3.10. The van der Waals surface area contributed by atoms with Crippen LogP contribution in [0, 0.1) is 0 Å². The number of hydrogen-bond donors (Lipinski definition) is 1. The number of anilines is 2. The van der Waals surface area contributed by atoms with Crippen molar-refractivity contribution in [1.82, 2.24) is 4.90 Å². The largest absolute Gasteiger partial charge is 0.486 e. The molecule has 0 spiro atoms. The van der Waals surface area contributed by atoms with Crippen LogP contribution in [-0.2, 0) is 9.47 Å². The van der Waals surface area contributed by atoms with E-state index in [2.05, 4.69) is 4.90 Å². The highest BCUT2D eigenvalue weighted by atomic mass is 16.6. The van der Waals surface area contributed by atoms with Crippen LogP contribution in [0.5, 0.6) is 5.75 Å². The minimum absolute atomic E-state index is 0.0838. The average molecular weight is 363 g/mol. The van der Waals surface area contributed by atoms with Crippen molar-refractivity contribution in [3.63, 3.8) is 0 Å². The van der Waals surface area contributed by atoms with Crippen molar-refractivity contribution in [2.75, 3.05) is 50.0 Å². The topological polar surface area (TPSA) is 77.3 Å². The van der Waals surface area contributed by atoms with E-state index in [-0.39, 0.29) is 12.2 Å². The zero-order valence-electron chi connectivity index (χ0n) is 15.9. The van der Waals surface area contributed by atoms with Crippen molar-refractivity contribution < 1.29 is 19.0 Å². The molecule has 2 heterocycles. The molecule has 0 bridgehead atoms. The van der Waals surface area contributed by atoms with Gasteiger partial charge < -0.3 is 29.7 Å². The first-order chi connectivity index (χ1) is 12.3. The van der Waals surface area contributed by atoms with Crippen molar-refractivity contribution in [2.45, 2.75) is 38.9 Å². The van der Waals surface area contributed by atoms with Gasteiger partial charge >= 0.3 is 6.09 Å². The van der Waals surface area contributed by atoms with Gasteiger partial charge in [-0.2, -0.15) is 0 Å². The lowest BCUT2D eigenvalue weighted by Gasteiger charge is -2.37. The van der Waals surface area contributed by atoms with E-state index >= 15 is 0 Å². The van der Waals surface area contributed by atoms with Gasteiger partial charge in [0.1, 0.15) is 17.5 Å². The van der Waals surface area contributed by atoms with Gasteiger partial charge in [0.2, 0.25) is 0 Å². The molecule has 7 nitrogen and oxygen atoms in total. The van der Waals surface area contributed by atoms with Crippen LogP contribution in [0.4, 0.5) is 16.2 Å². The number of nitrogens with zero attached hydrogens (tertiary/aromatic N) is 2. The molecule has 1 aromatic rings. The Labute approximate surface area is 155 Å². The second-order valence-corrected chi connectivity index (χ2v) is 7.78. The normalized spacial score (nSPS) is 21.0. The summed E-state index contributed by atoms with van der Waals surface area (Å²) in [6, 6.07) is 5.88. The Kier molecular flexibility index (Phi) is 5.46. The maximum absolute atomic E-state index is 12.2. The van der Waals surface area contributed by atoms with E-state index in [9.17, 15) is 4.79 Å². The van der Waals surface area contributed by atoms with Gasteiger partial charge in [0, 0.05) is 38.3 Å². The Bertz CT molecular complexity index is 630. The molecule has 7 heteroatoms. The number of hydrogen-bond acceptors (Lipinski definition) is 6. The van der Waals surface area contributed by atoms with E-state index in [0.29, 0.717) is 31.1 Å². The number of amides is 1. The van der Waals surface area contributed by atoms with Gasteiger partial charge in [-0.15, -0.1) is 0 Å². The molecule has 0 aromatic heterocycles. The minimum atomic E-state index is -0.469. The van der Waals surface area contributed by atoms with Gasteiger partial charge in [0.15, 0.2) is 0 Å². The van der Waals surface area contributed by atoms with Crippen molar-refractivity contribution >= 4 is 17.5 Å². The Hall–Kier alpha value is -2.15. The number of nitrogens with two attached hydrogens (primary N) is 1. The summed E-state index contributed by atoms with van der Waals surface area (Å²) in [5.74, 6) is 0.705. The second-order valence-electron chi connectivity index (χ2n) is 7.78. The van der Waals surface area contributed by atoms with Crippen LogP contribution in [0.15, 0.2) is 18.2 Å². The first kappa shape index (κ1) is 18.6. The summed E-state index contributed by atoms with van der Waals surface area (Å²) >= 11 is 0. The number of carbonyl (C=O) groups is 1. The fraction of sp³-hybridized carbons (Fsp3) is 0.632. The van der Waals surface area contributed by atoms with Crippen LogP contribution in [0.2, 0.25) is 0 Å². The Morgan fingerprint density at radius 2 is 1.96 bits per heavy atom. The number of benzene rings is 1. The average Bonchev–Trinajstić information content (AvgIpc) is 3.08. The standard InChI is InChI=1S/C19H29N3O4/c1-19(2,3)26-18(23)22-9-7-21(8-10-22)14-4-5-17(16(20)12-14)25-15-6-11-24-13-15/h4-5,12,15H,6-11,13,20H2,1-3H3. The van der Waals surface area contributed by atoms with E-state index < -0.39 is 5.60 Å². The summed E-state index contributed by atoms with van der Waals surface area (Å²) in [6.45, 7) is 9.75. The molecule has 2 fully saturated rings. The number of nitrogen functional groups attached to an aromatic ring is 1. The molecule has 3 rings (SSSR count). The van der Waals surface area contributed by atoms with Crippen LogP contribution in [0.3, 0.4) is 0 Å². The van der Waals surface area contributed by atoms with Gasteiger partial charge in [-0.05, 0) is 39.0 Å². The minimum Gasteiger partial charge on any atom is -0.486 e. The van der Waals surface area contributed by atoms with Gasteiger partial charge in [-0.1, -0.05) is 0 Å². The van der Waals surface area contributed by atoms with Crippen molar-refractivity contribution in [1.29, 1.82) is 0 Å². The van der Waals surface area contributed by atoms with Crippen LogP contribution in [0.25, 0.3) is 0 Å². The highest BCUT2D eigenvalue weighted by Gasteiger charge is 2.26. The van der Waals surface area contributed by atoms with Crippen LogP contribution in [-0.4, -0.2) is 62.1 Å². The SMILES string of the molecule is CC(C)(C)OC(=O)N1CCN(c2ccc(OC3CCOC3)c(N)c2)CC1. The van der Waals surface area contributed by atoms with Crippen molar-refractivity contribution in [3.8, 4) is 5.75 Å². The van der Waals surface area contributed by atoms with E-state index in [4.69, 9.17) is 19.9 Å². The lowest BCUT2D eigenvalue weighted by molar-refractivity contribution is 0.0240. The molecule has 0 radical (unpaired) electrons. The van der Waals surface area contributed by atoms with E-state index in [1.807, 2.05) is 39.0 Å². The molecule has 0 aliphatic carbocycles. The summed E-state index contributed by atoms with van der Waals surface area (Å²) in [5.41, 5.74) is 7.38. The van der Waals surface area contributed by atoms with Crippen molar-refractivity contribution in [2.24, 2.45) is 0 Å². The Balaban J connectivity index is 1.55. The zero-order chi connectivity index (χ0) is 18.7. The van der Waals surface area contributed by atoms with Gasteiger partial charge in [-0.25, -0.2) is 4.79 Å². The lowest BCUT2D eigenvalue weighted by atomic mass is 10.2. The molecule has 26 heavy (non-hydrogen) atoms. The third kappa shape index (κ3) is 4.72. The van der Waals surface area contributed by atoms with E-state index in [1.54, 1.807) is 4.90 Å². The quantitative estimate of drug-likeness (QED) is 0.832. The predicted octanol–water partition coefficient (Wildman–Crippen LogP) is 2.49. The first-order valence-corrected chi connectivity index (χ1v) is 9.18. The van der Waals surface area contributed by atoms with Crippen LogP contribution in [0.1, 0.15) is 27.2 Å². The van der Waals surface area contributed by atoms with E-state index in [1.165, 1.54) is 0 Å². The molecule has 1 unspecified atom stereocenters. The predicted molar refractivity (Wildman–Crippen MR) is 101 cm³/mol. The third-order valence-electron chi connectivity index (χ3n) is 4.47. The molecule has 2 aliphatic heterocycles.